The molecule has 1 unspecified atom stereocenters. The molecular weight excluding hydrogens is 380 g/mol. The van der Waals surface area contributed by atoms with Crippen molar-refractivity contribution >= 4 is 23.3 Å². The summed E-state index contributed by atoms with van der Waals surface area (Å²) in [6.07, 6.45) is 6.51. The highest BCUT2D eigenvalue weighted by molar-refractivity contribution is 6.20. The Morgan fingerprint density at radius 3 is 2.67 bits per heavy atom. The van der Waals surface area contributed by atoms with Crippen molar-refractivity contribution < 1.29 is 19.4 Å². The number of nitrogens with zero attached hydrogens (tertiary/aromatic N) is 2. The van der Waals surface area contributed by atoms with Crippen LogP contribution in [0.5, 0.6) is 5.75 Å². The predicted octanol–water partition coefficient (Wildman–Crippen LogP) is 5.11. The number of phenols is 1. The second kappa shape index (κ2) is 8.69. The van der Waals surface area contributed by atoms with Crippen LogP contribution in [0.1, 0.15) is 79.5 Å². The van der Waals surface area contributed by atoms with Crippen LogP contribution >= 0.6 is 0 Å². The highest BCUT2D eigenvalue weighted by Crippen LogP contribution is 2.37. The number of anilines is 1. The van der Waals surface area contributed by atoms with Gasteiger partial charge in [0.1, 0.15) is 11.9 Å². The van der Waals surface area contributed by atoms with Gasteiger partial charge in [0.05, 0.1) is 23.4 Å². The molecule has 0 saturated heterocycles. The summed E-state index contributed by atoms with van der Waals surface area (Å²) in [5.41, 5.74) is 2.97. The van der Waals surface area contributed by atoms with Crippen molar-refractivity contribution in [2.45, 2.75) is 58.0 Å². The van der Waals surface area contributed by atoms with Gasteiger partial charge in [-0.2, -0.15) is 5.10 Å². The van der Waals surface area contributed by atoms with Crippen molar-refractivity contribution in [1.29, 1.82) is 0 Å². The topological polar surface area (TPSA) is 79.2 Å². The van der Waals surface area contributed by atoms with Crippen molar-refractivity contribution in [2.75, 3.05) is 5.01 Å². The molecule has 1 N–H and O–H groups in total. The first-order valence-corrected chi connectivity index (χ1v) is 10.6. The molecule has 0 saturated carbocycles. The van der Waals surface area contributed by atoms with Gasteiger partial charge in [0.2, 0.25) is 0 Å². The van der Waals surface area contributed by atoms with Crippen LogP contribution in [-0.2, 0) is 9.53 Å². The van der Waals surface area contributed by atoms with Gasteiger partial charge in [0, 0.05) is 11.1 Å². The monoisotopic (exact) mass is 406 g/mol. The van der Waals surface area contributed by atoms with Gasteiger partial charge in [-0.25, -0.2) is 9.80 Å². The van der Waals surface area contributed by atoms with Crippen molar-refractivity contribution in [3.8, 4) is 5.75 Å². The summed E-state index contributed by atoms with van der Waals surface area (Å²) in [4.78, 5) is 25.0. The molecule has 1 amide bonds. The molecule has 2 aromatic carbocycles. The number of hydrazone groups is 1. The second-order valence-corrected chi connectivity index (χ2v) is 7.81. The number of hydrogen-bond acceptors (Lipinski definition) is 5. The summed E-state index contributed by atoms with van der Waals surface area (Å²) in [6, 6.07) is 12.2. The largest absolute Gasteiger partial charge is 0.507 e. The number of fused-ring (bicyclic) bond motifs is 1. The first kappa shape index (κ1) is 20.1. The molecule has 2 heterocycles. The van der Waals surface area contributed by atoms with Gasteiger partial charge < -0.3 is 9.84 Å². The summed E-state index contributed by atoms with van der Waals surface area (Å²) in [5.74, 6) is -0.459. The zero-order chi connectivity index (χ0) is 21.1. The number of carbonyl (C=O) groups excluding carboxylic acids is 2. The quantitative estimate of drug-likeness (QED) is 0.488. The lowest BCUT2D eigenvalue weighted by molar-refractivity contribution is -0.116. The van der Waals surface area contributed by atoms with E-state index in [2.05, 4.69) is 12.0 Å². The van der Waals surface area contributed by atoms with Crippen LogP contribution in [0.25, 0.3) is 0 Å². The lowest BCUT2D eigenvalue weighted by atomic mass is 9.99. The Bertz CT molecular complexity index is 998. The third kappa shape index (κ3) is 3.95. The third-order valence-electron chi connectivity index (χ3n) is 5.66. The molecule has 30 heavy (non-hydrogen) atoms. The highest BCUT2D eigenvalue weighted by atomic mass is 16.5. The smallest absolute Gasteiger partial charge is 0.339 e. The van der Waals surface area contributed by atoms with Gasteiger partial charge in [-0.1, -0.05) is 50.8 Å². The summed E-state index contributed by atoms with van der Waals surface area (Å²) >= 11 is 0. The molecule has 0 spiro atoms. The Balaban J connectivity index is 1.52. The number of ether oxygens (including phenoxy) is 1. The van der Waals surface area contributed by atoms with E-state index in [4.69, 9.17) is 4.74 Å². The van der Waals surface area contributed by atoms with Crippen LogP contribution in [0, 0.1) is 0 Å². The summed E-state index contributed by atoms with van der Waals surface area (Å²) in [5, 5.41) is 15.8. The molecule has 0 fully saturated rings. The number of unbranched alkanes of at least 4 members (excludes halogenated alkanes) is 4. The minimum Gasteiger partial charge on any atom is -0.507 e. The molecule has 0 radical (unpaired) electrons. The fourth-order valence-corrected chi connectivity index (χ4v) is 4.04. The first-order chi connectivity index (χ1) is 14.6. The maximum atomic E-state index is 12.6. The molecule has 2 aliphatic rings. The maximum absolute atomic E-state index is 12.6. The van der Waals surface area contributed by atoms with E-state index in [1.165, 1.54) is 24.3 Å². The van der Waals surface area contributed by atoms with Crippen molar-refractivity contribution in [2.24, 2.45) is 5.10 Å². The predicted molar refractivity (Wildman–Crippen MR) is 115 cm³/mol. The molecular formula is C24H26N2O4. The Morgan fingerprint density at radius 2 is 1.87 bits per heavy atom. The number of rotatable bonds is 8. The molecule has 4 rings (SSSR count). The number of carbonyl (C=O) groups is 2. The molecule has 6 heteroatoms. The van der Waals surface area contributed by atoms with Gasteiger partial charge in [-0.05, 0) is 37.1 Å². The van der Waals surface area contributed by atoms with E-state index in [1.807, 2.05) is 6.07 Å². The fourth-order valence-electron chi connectivity index (χ4n) is 4.04. The fraction of sp³-hybridized carbons (Fsp3) is 0.375. The maximum Gasteiger partial charge on any atom is 0.339 e. The molecule has 156 valence electrons. The van der Waals surface area contributed by atoms with E-state index < -0.39 is 0 Å². The lowest BCUT2D eigenvalue weighted by Gasteiger charge is -2.13. The Kier molecular flexibility index (Phi) is 5.84. The summed E-state index contributed by atoms with van der Waals surface area (Å²) < 4.78 is 5.58. The molecule has 0 aliphatic carbocycles. The molecule has 0 bridgehead atoms. The average molecular weight is 406 g/mol. The van der Waals surface area contributed by atoms with Gasteiger partial charge in [0.15, 0.2) is 0 Å². The first-order valence-electron chi connectivity index (χ1n) is 10.6. The van der Waals surface area contributed by atoms with Crippen molar-refractivity contribution in [1.82, 2.24) is 0 Å². The van der Waals surface area contributed by atoms with E-state index in [1.54, 1.807) is 36.4 Å². The molecule has 2 aliphatic heterocycles. The van der Waals surface area contributed by atoms with Crippen LogP contribution in [0.15, 0.2) is 47.6 Å². The van der Waals surface area contributed by atoms with Crippen LogP contribution in [0.3, 0.4) is 0 Å². The zero-order valence-electron chi connectivity index (χ0n) is 17.1. The summed E-state index contributed by atoms with van der Waals surface area (Å²) in [7, 11) is 0. The molecule has 1 atom stereocenters. The van der Waals surface area contributed by atoms with Gasteiger partial charge in [-0.3, -0.25) is 4.79 Å². The van der Waals surface area contributed by atoms with Gasteiger partial charge in [-0.15, -0.1) is 0 Å². The number of aromatic hydroxyl groups is 1. The van der Waals surface area contributed by atoms with Crippen LogP contribution < -0.4 is 5.01 Å². The number of benzene rings is 2. The minimum absolute atomic E-state index is 0.0882. The number of hydrogen-bond donors (Lipinski definition) is 1. The third-order valence-corrected chi connectivity index (χ3v) is 5.66. The number of esters is 1. The van der Waals surface area contributed by atoms with E-state index in [-0.39, 0.29) is 30.2 Å². The molecule has 6 nitrogen and oxygen atoms in total. The van der Waals surface area contributed by atoms with Crippen molar-refractivity contribution in [3.63, 3.8) is 0 Å². The van der Waals surface area contributed by atoms with E-state index in [0.717, 1.165) is 24.8 Å². The van der Waals surface area contributed by atoms with Crippen LogP contribution in [0.2, 0.25) is 0 Å². The number of phenolic OH excluding ortho intramolecular Hbond substituents is 1. The SMILES string of the molecule is CCCCCCCC1OC(=O)c2cc(N3N=C(c4ccccc4O)CC3=O)ccc21. The van der Waals surface area contributed by atoms with E-state index in [9.17, 15) is 14.7 Å². The zero-order valence-corrected chi connectivity index (χ0v) is 17.1. The number of amides is 1. The van der Waals surface area contributed by atoms with Gasteiger partial charge in [0.25, 0.3) is 5.91 Å². The highest BCUT2D eigenvalue weighted by Gasteiger charge is 2.33. The standard InChI is InChI=1S/C24H26N2O4/c1-2-3-4-5-6-11-22-17-13-12-16(14-19(17)24(29)30-22)26-23(28)15-20(25-26)18-9-7-8-10-21(18)27/h7-10,12-14,22,27H,2-6,11,15H2,1H3. The Labute approximate surface area is 176 Å². The Morgan fingerprint density at radius 1 is 1.07 bits per heavy atom. The number of para-hydroxylation sites is 1. The Hall–Kier alpha value is -3.15. The normalized spacial score (nSPS) is 17.8. The lowest BCUT2D eigenvalue weighted by Crippen LogP contribution is -2.19. The minimum atomic E-state index is -0.345. The average Bonchev–Trinajstić information content (AvgIpc) is 3.28. The van der Waals surface area contributed by atoms with Crippen molar-refractivity contribution in [3.05, 3.63) is 59.2 Å². The van der Waals surface area contributed by atoms with E-state index >= 15 is 0 Å². The molecule has 0 aromatic heterocycles. The van der Waals surface area contributed by atoms with Gasteiger partial charge >= 0.3 is 5.97 Å². The van der Waals surface area contributed by atoms with Crippen LogP contribution in [-0.4, -0.2) is 22.7 Å². The van der Waals surface area contributed by atoms with E-state index in [0.29, 0.717) is 22.5 Å². The number of cyclic esters (lactones) is 1. The molecule has 2 aromatic rings. The second-order valence-electron chi connectivity index (χ2n) is 7.81. The van der Waals surface area contributed by atoms with Crippen LogP contribution in [0.4, 0.5) is 5.69 Å². The summed E-state index contributed by atoms with van der Waals surface area (Å²) in [6.45, 7) is 2.19.